The second kappa shape index (κ2) is 8.06. The molecule has 126 valence electrons. The van der Waals surface area contributed by atoms with Gasteiger partial charge in [-0.2, -0.15) is 0 Å². The van der Waals surface area contributed by atoms with Crippen LogP contribution in [0.15, 0.2) is 60.7 Å². The van der Waals surface area contributed by atoms with Crippen molar-refractivity contribution in [2.24, 2.45) is 5.73 Å². The van der Waals surface area contributed by atoms with Crippen LogP contribution in [0, 0.1) is 0 Å². The third-order valence-electron chi connectivity index (χ3n) is 3.98. The van der Waals surface area contributed by atoms with Crippen molar-refractivity contribution in [1.29, 1.82) is 0 Å². The summed E-state index contributed by atoms with van der Waals surface area (Å²) in [6, 6.07) is 19.1. The molecule has 5 heteroatoms. The number of hydroxylamine groups is 2. The number of benzene rings is 2. The highest BCUT2D eigenvalue weighted by Gasteiger charge is 2.31. The van der Waals surface area contributed by atoms with E-state index in [4.69, 9.17) is 15.3 Å². The smallest absolute Gasteiger partial charge is 0.263 e. The summed E-state index contributed by atoms with van der Waals surface area (Å²) in [5, 5.41) is 1.34. The third-order valence-corrected chi connectivity index (χ3v) is 3.98. The van der Waals surface area contributed by atoms with Gasteiger partial charge in [-0.25, -0.2) is 5.06 Å². The average molecular weight is 326 g/mol. The maximum absolute atomic E-state index is 12.4. The molecular formula is C19H22N2O3. The largest absolute Gasteiger partial charge is 0.369 e. The van der Waals surface area contributed by atoms with Gasteiger partial charge in [0.25, 0.3) is 5.91 Å². The monoisotopic (exact) mass is 326 g/mol. The maximum atomic E-state index is 12.4. The summed E-state index contributed by atoms with van der Waals surface area (Å²) >= 11 is 0. The summed E-state index contributed by atoms with van der Waals surface area (Å²) < 4.78 is 5.81. The first-order valence-corrected chi connectivity index (χ1v) is 8.11. The Morgan fingerprint density at radius 2 is 1.75 bits per heavy atom. The number of carbonyl (C=O) groups excluding carboxylic acids is 1. The Morgan fingerprint density at radius 1 is 1.12 bits per heavy atom. The molecule has 2 N–H and O–H groups in total. The lowest BCUT2D eigenvalue weighted by Crippen LogP contribution is -2.43. The van der Waals surface area contributed by atoms with Crippen LogP contribution in [0.4, 0.5) is 0 Å². The molecule has 1 aliphatic heterocycles. The molecule has 1 heterocycles. The van der Waals surface area contributed by atoms with E-state index in [1.54, 1.807) is 0 Å². The fraction of sp³-hybridized carbons (Fsp3) is 0.316. The number of rotatable bonds is 6. The van der Waals surface area contributed by atoms with E-state index in [0.29, 0.717) is 26.2 Å². The summed E-state index contributed by atoms with van der Waals surface area (Å²) in [6.45, 7) is 1.29. The fourth-order valence-electron chi connectivity index (χ4n) is 2.65. The quantitative estimate of drug-likeness (QED) is 0.881. The standard InChI is InChI=1S/C19H22N2O3/c20-18(11-15-7-3-1-4-8-15)19(22)21-12-17(14-24-21)23-13-16-9-5-2-6-10-16/h1-10,17-18H,11-14,20H2. The molecule has 1 fully saturated rings. The van der Waals surface area contributed by atoms with Gasteiger partial charge >= 0.3 is 0 Å². The maximum Gasteiger partial charge on any atom is 0.263 e. The molecule has 2 atom stereocenters. The molecule has 5 nitrogen and oxygen atoms in total. The average Bonchev–Trinajstić information content (AvgIpc) is 3.10. The first kappa shape index (κ1) is 16.6. The molecule has 1 saturated heterocycles. The number of carbonyl (C=O) groups is 1. The van der Waals surface area contributed by atoms with E-state index in [-0.39, 0.29) is 12.0 Å². The minimum atomic E-state index is -0.611. The molecule has 0 radical (unpaired) electrons. The lowest BCUT2D eigenvalue weighted by atomic mass is 10.1. The summed E-state index contributed by atoms with van der Waals surface area (Å²) in [4.78, 5) is 17.8. The third kappa shape index (κ3) is 4.41. The molecule has 0 bridgehead atoms. The molecule has 0 saturated carbocycles. The lowest BCUT2D eigenvalue weighted by Gasteiger charge is -2.19. The van der Waals surface area contributed by atoms with Gasteiger partial charge in [-0.15, -0.1) is 0 Å². The van der Waals surface area contributed by atoms with E-state index >= 15 is 0 Å². The van der Waals surface area contributed by atoms with Crippen LogP contribution in [0.3, 0.4) is 0 Å². The van der Waals surface area contributed by atoms with Crippen molar-refractivity contribution in [3.63, 3.8) is 0 Å². The topological polar surface area (TPSA) is 64.8 Å². The van der Waals surface area contributed by atoms with Crippen LogP contribution >= 0.6 is 0 Å². The van der Waals surface area contributed by atoms with Crippen LogP contribution in [0.5, 0.6) is 0 Å². The lowest BCUT2D eigenvalue weighted by molar-refractivity contribution is -0.170. The first-order valence-electron chi connectivity index (χ1n) is 8.11. The molecule has 24 heavy (non-hydrogen) atoms. The van der Waals surface area contributed by atoms with E-state index < -0.39 is 6.04 Å². The van der Waals surface area contributed by atoms with Crippen molar-refractivity contribution < 1.29 is 14.4 Å². The zero-order valence-electron chi connectivity index (χ0n) is 13.5. The van der Waals surface area contributed by atoms with E-state index in [1.165, 1.54) is 5.06 Å². The van der Waals surface area contributed by atoms with Gasteiger partial charge in [0.2, 0.25) is 0 Å². The molecular weight excluding hydrogens is 304 g/mol. The van der Waals surface area contributed by atoms with E-state index in [2.05, 4.69) is 0 Å². The van der Waals surface area contributed by atoms with E-state index in [1.807, 2.05) is 60.7 Å². The number of hydrogen-bond donors (Lipinski definition) is 1. The molecule has 0 spiro atoms. The van der Waals surface area contributed by atoms with Crippen molar-refractivity contribution in [1.82, 2.24) is 5.06 Å². The number of nitrogens with zero attached hydrogens (tertiary/aromatic N) is 1. The van der Waals surface area contributed by atoms with Gasteiger partial charge in [0, 0.05) is 0 Å². The van der Waals surface area contributed by atoms with Gasteiger partial charge in [0.05, 0.1) is 19.2 Å². The molecule has 2 aromatic rings. The molecule has 3 rings (SSSR count). The Kier molecular flexibility index (Phi) is 5.59. The summed E-state index contributed by atoms with van der Waals surface area (Å²) in [5.74, 6) is -0.204. The van der Waals surface area contributed by atoms with Crippen LogP contribution in [0.25, 0.3) is 0 Å². The molecule has 2 unspecified atom stereocenters. The Labute approximate surface area is 141 Å². The first-order chi connectivity index (χ1) is 11.7. The predicted molar refractivity (Wildman–Crippen MR) is 90.8 cm³/mol. The van der Waals surface area contributed by atoms with Crippen molar-refractivity contribution >= 4 is 5.91 Å². The Morgan fingerprint density at radius 3 is 2.42 bits per heavy atom. The van der Waals surface area contributed by atoms with Crippen LogP contribution in [0.1, 0.15) is 11.1 Å². The molecule has 2 aromatic carbocycles. The Balaban J connectivity index is 1.47. The van der Waals surface area contributed by atoms with Crippen molar-refractivity contribution in [2.75, 3.05) is 13.2 Å². The van der Waals surface area contributed by atoms with Crippen LogP contribution in [0.2, 0.25) is 0 Å². The summed E-state index contributed by atoms with van der Waals surface area (Å²) in [5.41, 5.74) is 8.16. The van der Waals surface area contributed by atoms with Gasteiger partial charge in [0.15, 0.2) is 0 Å². The summed E-state index contributed by atoms with van der Waals surface area (Å²) in [6.07, 6.45) is 0.368. The van der Waals surface area contributed by atoms with Crippen LogP contribution < -0.4 is 5.73 Å². The van der Waals surface area contributed by atoms with E-state index in [9.17, 15) is 4.79 Å². The SMILES string of the molecule is NC(Cc1ccccc1)C(=O)N1CC(OCc2ccccc2)CO1. The Bertz CT molecular complexity index is 648. The van der Waals surface area contributed by atoms with Gasteiger partial charge in [-0.05, 0) is 17.5 Å². The molecule has 1 amide bonds. The second-order valence-electron chi connectivity index (χ2n) is 5.91. The summed E-state index contributed by atoms with van der Waals surface area (Å²) in [7, 11) is 0. The minimum Gasteiger partial charge on any atom is -0.369 e. The zero-order valence-corrected chi connectivity index (χ0v) is 13.5. The fourth-order valence-corrected chi connectivity index (χ4v) is 2.65. The van der Waals surface area contributed by atoms with Gasteiger partial charge in [-0.3, -0.25) is 9.63 Å². The van der Waals surface area contributed by atoms with Crippen molar-refractivity contribution in [2.45, 2.75) is 25.2 Å². The van der Waals surface area contributed by atoms with Crippen molar-refractivity contribution in [3.8, 4) is 0 Å². The minimum absolute atomic E-state index is 0.127. The van der Waals surface area contributed by atoms with Crippen molar-refractivity contribution in [3.05, 3.63) is 71.8 Å². The normalized spacial score (nSPS) is 18.5. The number of amides is 1. The van der Waals surface area contributed by atoms with Gasteiger partial charge in [0.1, 0.15) is 12.7 Å². The van der Waals surface area contributed by atoms with Gasteiger partial charge < -0.3 is 10.5 Å². The highest BCUT2D eigenvalue weighted by atomic mass is 16.7. The number of nitrogens with two attached hydrogens (primary N) is 1. The van der Waals surface area contributed by atoms with Gasteiger partial charge in [-0.1, -0.05) is 60.7 Å². The highest BCUT2D eigenvalue weighted by molar-refractivity contribution is 5.81. The number of hydrogen-bond acceptors (Lipinski definition) is 4. The van der Waals surface area contributed by atoms with Crippen LogP contribution in [-0.2, 0) is 27.4 Å². The Hall–Kier alpha value is -2.21. The molecule has 1 aliphatic rings. The predicted octanol–water partition coefficient (Wildman–Crippen LogP) is 1.92. The molecule has 0 aliphatic carbocycles. The zero-order chi connectivity index (χ0) is 16.8. The highest BCUT2D eigenvalue weighted by Crippen LogP contribution is 2.14. The second-order valence-corrected chi connectivity index (χ2v) is 5.91. The molecule has 0 aromatic heterocycles. The van der Waals surface area contributed by atoms with E-state index in [0.717, 1.165) is 11.1 Å². The number of ether oxygens (including phenoxy) is 1. The van der Waals surface area contributed by atoms with Crippen LogP contribution in [-0.4, -0.2) is 36.3 Å².